The molecule has 0 aliphatic heterocycles. The maximum atomic E-state index is 14.2. The molecule has 20 heavy (non-hydrogen) atoms. The van der Waals surface area contributed by atoms with Crippen molar-refractivity contribution in [2.75, 3.05) is 0 Å². The summed E-state index contributed by atoms with van der Waals surface area (Å²) in [6.07, 6.45) is 1.13. The van der Waals surface area contributed by atoms with E-state index >= 15 is 0 Å². The Kier molecular flexibility index (Phi) is 4.98. The molecule has 0 aliphatic carbocycles. The standard InChI is InChI=1S/C18H20BrF/c1-4-12(2)14-8-10-15(11-9-14)17(19)16-7-5-6-13(3)18(16)20/h5-12,17H,4H2,1-3H3. The molecule has 0 bridgehead atoms. The van der Waals surface area contributed by atoms with Gasteiger partial charge in [0, 0.05) is 5.56 Å². The second-order valence-corrected chi connectivity index (χ2v) is 6.23. The van der Waals surface area contributed by atoms with Crippen molar-refractivity contribution in [3.05, 3.63) is 70.5 Å². The van der Waals surface area contributed by atoms with Crippen LogP contribution in [0.15, 0.2) is 42.5 Å². The Labute approximate surface area is 129 Å². The van der Waals surface area contributed by atoms with Crippen LogP contribution in [-0.4, -0.2) is 0 Å². The van der Waals surface area contributed by atoms with Crippen LogP contribution in [0.4, 0.5) is 4.39 Å². The first-order valence-electron chi connectivity index (χ1n) is 7.03. The summed E-state index contributed by atoms with van der Waals surface area (Å²) in [5, 5.41) is 0. The molecule has 2 unspecified atom stereocenters. The Balaban J connectivity index is 2.29. The Morgan fingerprint density at radius 3 is 2.25 bits per heavy atom. The summed E-state index contributed by atoms with van der Waals surface area (Å²) < 4.78 is 14.2. The lowest BCUT2D eigenvalue weighted by Gasteiger charge is -2.15. The molecular formula is C18H20BrF. The molecule has 0 nitrogen and oxygen atoms in total. The number of hydrogen-bond donors (Lipinski definition) is 0. The summed E-state index contributed by atoms with van der Waals surface area (Å²) in [6.45, 7) is 6.21. The van der Waals surface area contributed by atoms with Crippen LogP contribution in [0.3, 0.4) is 0 Å². The number of aryl methyl sites for hydroxylation is 1. The zero-order chi connectivity index (χ0) is 14.7. The SMILES string of the molecule is CCC(C)c1ccc(C(Br)c2cccc(C)c2F)cc1. The number of benzene rings is 2. The van der Waals surface area contributed by atoms with Crippen LogP contribution in [0.5, 0.6) is 0 Å². The van der Waals surface area contributed by atoms with Gasteiger partial charge in [-0.3, -0.25) is 0 Å². The molecule has 106 valence electrons. The third kappa shape index (κ3) is 3.12. The fourth-order valence-corrected chi connectivity index (χ4v) is 2.93. The van der Waals surface area contributed by atoms with Gasteiger partial charge in [-0.2, -0.15) is 0 Å². The maximum absolute atomic E-state index is 14.2. The minimum Gasteiger partial charge on any atom is -0.206 e. The largest absolute Gasteiger partial charge is 0.206 e. The van der Waals surface area contributed by atoms with Crippen LogP contribution in [0.2, 0.25) is 0 Å². The van der Waals surface area contributed by atoms with Gasteiger partial charge < -0.3 is 0 Å². The quantitative estimate of drug-likeness (QED) is 0.590. The van der Waals surface area contributed by atoms with E-state index in [1.807, 2.05) is 12.1 Å². The van der Waals surface area contributed by atoms with Crippen molar-refractivity contribution >= 4 is 15.9 Å². The lowest BCUT2D eigenvalue weighted by molar-refractivity contribution is 0.604. The molecule has 0 radical (unpaired) electrons. The predicted octanol–water partition coefficient (Wildman–Crippen LogP) is 6.13. The van der Waals surface area contributed by atoms with Gasteiger partial charge >= 0.3 is 0 Å². The van der Waals surface area contributed by atoms with Crippen molar-refractivity contribution in [2.45, 2.75) is 37.9 Å². The van der Waals surface area contributed by atoms with E-state index in [0.717, 1.165) is 12.0 Å². The molecule has 0 spiro atoms. The highest BCUT2D eigenvalue weighted by molar-refractivity contribution is 9.09. The molecule has 2 rings (SSSR count). The smallest absolute Gasteiger partial charge is 0.130 e. The summed E-state index contributed by atoms with van der Waals surface area (Å²) in [7, 11) is 0. The van der Waals surface area contributed by atoms with Gasteiger partial charge in [0.25, 0.3) is 0 Å². The molecule has 0 fully saturated rings. The van der Waals surface area contributed by atoms with E-state index < -0.39 is 0 Å². The Hall–Kier alpha value is -1.15. The molecule has 0 saturated carbocycles. The molecule has 2 aromatic rings. The van der Waals surface area contributed by atoms with Gasteiger partial charge in [0.2, 0.25) is 0 Å². The summed E-state index contributed by atoms with van der Waals surface area (Å²) in [4.78, 5) is -0.103. The molecular weight excluding hydrogens is 315 g/mol. The summed E-state index contributed by atoms with van der Waals surface area (Å²) in [5.41, 5.74) is 3.80. The van der Waals surface area contributed by atoms with Crippen LogP contribution in [0.1, 0.15) is 53.3 Å². The fraction of sp³-hybridized carbons (Fsp3) is 0.333. The topological polar surface area (TPSA) is 0 Å². The normalized spacial score (nSPS) is 14.1. The van der Waals surface area contributed by atoms with E-state index in [0.29, 0.717) is 17.0 Å². The van der Waals surface area contributed by atoms with Crippen molar-refractivity contribution in [1.82, 2.24) is 0 Å². The average molecular weight is 335 g/mol. The van der Waals surface area contributed by atoms with Gasteiger partial charge in [-0.1, -0.05) is 72.2 Å². The highest BCUT2D eigenvalue weighted by Gasteiger charge is 2.16. The minimum absolute atomic E-state index is 0.103. The molecule has 2 aromatic carbocycles. The second-order valence-electron chi connectivity index (χ2n) is 5.32. The molecule has 2 atom stereocenters. The summed E-state index contributed by atoms with van der Waals surface area (Å²) >= 11 is 3.62. The van der Waals surface area contributed by atoms with E-state index in [1.165, 1.54) is 5.56 Å². The third-order valence-corrected chi connectivity index (χ3v) is 4.93. The molecule has 0 amide bonds. The van der Waals surface area contributed by atoms with E-state index in [2.05, 4.69) is 54.0 Å². The summed E-state index contributed by atoms with van der Waals surface area (Å²) in [5.74, 6) is 0.439. The van der Waals surface area contributed by atoms with Crippen LogP contribution in [0, 0.1) is 12.7 Å². The zero-order valence-electron chi connectivity index (χ0n) is 12.2. The number of alkyl halides is 1. The van der Waals surface area contributed by atoms with Crippen molar-refractivity contribution in [1.29, 1.82) is 0 Å². The van der Waals surface area contributed by atoms with Crippen molar-refractivity contribution < 1.29 is 4.39 Å². The zero-order valence-corrected chi connectivity index (χ0v) is 13.7. The van der Waals surface area contributed by atoms with E-state index in [4.69, 9.17) is 0 Å². The Bertz CT molecular complexity index is 574. The molecule has 2 heteroatoms. The second kappa shape index (κ2) is 6.53. The van der Waals surface area contributed by atoms with Gasteiger partial charge in [-0.25, -0.2) is 4.39 Å². The fourth-order valence-electron chi connectivity index (χ4n) is 2.27. The van der Waals surface area contributed by atoms with Gasteiger partial charge in [0.15, 0.2) is 0 Å². The van der Waals surface area contributed by atoms with Gasteiger partial charge in [-0.05, 0) is 36.0 Å². The molecule has 0 saturated heterocycles. The van der Waals surface area contributed by atoms with E-state index in [-0.39, 0.29) is 10.6 Å². The van der Waals surface area contributed by atoms with Gasteiger partial charge in [0.05, 0.1) is 4.83 Å². The van der Waals surface area contributed by atoms with Crippen LogP contribution >= 0.6 is 15.9 Å². The van der Waals surface area contributed by atoms with Gasteiger partial charge in [-0.15, -0.1) is 0 Å². The Morgan fingerprint density at radius 1 is 1.05 bits per heavy atom. The maximum Gasteiger partial charge on any atom is 0.130 e. The molecule has 0 aliphatic rings. The van der Waals surface area contributed by atoms with Crippen LogP contribution < -0.4 is 0 Å². The summed E-state index contributed by atoms with van der Waals surface area (Å²) in [6, 6.07) is 14.0. The third-order valence-electron chi connectivity index (χ3n) is 3.91. The monoisotopic (exact) mass is 334 g/mol. The van der Waals surface area contributed by atoms with E-state index in [9.17, 15) is 4.39 Å². The van der Waals surface area contributed by atoms with Crippen molar-refractivity contribution in [3.8, 4) is 0 Å². The van der Waals surface area contributed by atoms with Crippen LogP contribution in [-0.2, 0) is 0 Å². The molecule has 0 N–H and O–H groups in total. The average Bonchev–Trinajstić information content (AvgIpc) is 2.48. The predicted molar refractivity (Wildman–Crippen MR) is 87.1 cm³/mol. The highest BCUT2D eigenvalue weighted by Crippen LogP contribution is 2.34. The van der Waals surface area contributed by atoms with Crippen LogP contribution in [0.25, 0.3) is 0 Å². The first-order valence-corrected chi connectivity index (χ1v) is 7.95. The number of halogens is 2. The minimum atomic E-state index is -0.125. The lowest BCUT2D eigenvalue weighted by atomic mass is 9.95. The number of rotatable bonds is 4. The molecule has 0 heterocycles. The molecule has 0 aromatic heterocycles. The highest BCUT2D eigenvalue weighted by atomic mass is 79.9. The first-order chi connectivity index (χ1) is 9.54. The van der Waals surface area contributed by atoms with E-state index in [1.54, 1.807) is 13.0 Å². The Morgan fingerprint density at radius 2 is 1.65 bits per heavy atom. The first kappa shape index (κ1) is 15.2. The van der Waals surface area contributed by atoms with Gasteiger partial charge in [0.1, 0.15) is 5.82 Å². The van der Waals surface area contributed by atoms with Crippen molar-refractivity contribution in [2.24, 2.45) is 0 Å². The lowest BCUT2D eigenvalue weighted by Crippen LogP contribution is -1.99. The number of hydrogen-bond acceptors (Lipinski definition) is 0. The van der Waals surface area contributed by atoms with Crippen molar-refractivity contribution in [3.63, 3.8) is 0 Å².